The highest BCUT2D eigenvalue weighted by atomic mass is 16.2. The Hall–Kier alpha value is -1.91. The van der Waals surface area contributed by atoms with E-state index in [1.165, 1.54) is 6.92 Å². The predicted octanol–water partition coefficient (Wildman–Crippen LogP) is 0.741. The van der Waals surface area contributed by atoms with Crippen molar-refractivity contribution in [1.29, 1.82) is 0 Å². The molecule has 5 nitrogen and oxygen atoms in total. The van der Waals surface area contributed by atoms with Crippen LogP contribution in [0.2, 0.25) is 0 Å². The summed E-state index contributed by atoms with van der Waals surface area (Å²) in [5.74, 6) is -0.116. The van der Waals surface area contributed by atoms with Gasteiger partial charge in [0.05, 0.1) is 0 Å². The first kappa shape index (κ1) is 12.5. The molecule has 0 saturated carbocycles. The van der Waals surface area contributed by atoms with Crippen LogP contribution in [-0.4, -0.2) is 40.8 Å². The Morgan fingerprint density at radius 3 is 2.94 bits per heavy atom. The maximum atomic E-state index is 12.2. The zero-order valence-corrected chi connectivity index (χ0v) is 10.6. The predicted molar refractivity (Wildman–Crippen MR) is 67.1 cm³/mol. The van der Waals surface area contributed by atoms with Gasteiger partial charge < -0.3 is 10.2 Å². The lowest BCUT2D eigenvalue weighted by Gasteiger charge is -2.16. The molecule has 0 aliphatic carbocycles. The number of rotatable bonds is 2. The maximum Gasteiger partial charge on any atom is 0.272 e. The van der Waals surface area contributed by atoms with Crippen molar-refractivity contribution in [1.82, 2.24) is 15.2 Å². The van der Waals surface area contributed by atoms with Crippen LogP contribution in [0.3, 0.4) is 0 Å². The van der Waals surface area contributed by atoms with E-state index in [0.29, 0.717) is 18.8 Å². The van der Waals surface area contributed by atoms with Gasteiger partial charge in [-0.15, -0.1) is 0 Å². The van der Waals surface area contributed by atoms with E-state index in [1.54, 1.807) is 17.2 Å². The SMILES string of the molecule is CC(=O)NC1CCN(C(=O)c2cc(C)ccn2)C1. The number of aryl methyl sites for hydroxylation is 1. The minimum Gasteiger partial charge on any atom is -0.352 e. The summed E-state index contributed by atoms with van der Waals surface area (Å²) in [7, 11) is 0. The van der Waals surface area contributed by atoms with Gasteiger partial charge in [0.1, 0.15) is 5.69 Å². The van der Waals surface area contributed by atoms with Crippen LogP contribution < -0.4 is 5.32 Å². The van der Waals surface area contributed by atoms with Crippen molar-refractivity contribution in [3.8, 4) is 0 Å². The van der Waals surface area contributed by atoms with Crippen LogP contribution in [0.5, 0.6) is 0 Å². The molecule has 1 N–H and O–H groups in total. The van der Waals surface area contributed by atoms with E-state index >= 15 is 0 Å². The summed E-state index contributed by atoms with van der Waals surface area (Å²) in [6, 6.07) is 3.71. The molecule has 1 fully saturated rings. The molecular formula is C13H17N3O2. The van der Waals surface area contributed by atoms with Gasteiger partial charge in [-0.1, -0.05) is 0 Å². The molecule has 1 aliphatic heterocycles. The van der Waals surface area contributed by atoms with E-state index in [-0.39, 0.29) is 17.9 Å². The summed E-state index contributed by atoms with van der Waals surface area (Å²) in [5, 5.41) is 2.84. The Morgan fingerprint density at radius 1 is 1.50 bits per heavy atom. The number of hydrogen-bond donors (Lipinski definition) is 1. The standard InChI is InChI=1S/C13H17N3O2/c1-9-3-5-14-12(7-9)13(18)16-6-4-11(8-16)15-10(2)17/h3,5,7,11H,4,6,8H2,1-2H3,(H,15,17). The van der Waals surface area contributed by atoms with Crippen LogP contribution in [-0.2, 0) is 4.79 Å². The van der Waals surface area contributed by atoms with Crippen molar-refractivity contribution in [2.75, 3.05) is 13.1 Å². The average molecular weight is 247 g/mol. The summed E-state index contributed by atoms with van der Waals surface area (Å²) in [6.45, 7) is 4.66. The largest absolute Gasteiger partial charge is 0.352 e. The Balaban J connectivity index is 2.01. The van der Waals surface area contributed by atoms with Crippen molar-refractivity contribution in [2.24, 2.45) is 0 Å². The highest BCUT2D eigenvalue weighted by Crippen LogP contribution is 2.13. The third-order valence-corrected chi connectivity index (χ3v) is 3.02. The summed E-state index contributed by atoms with van der Waals surface area (Å²) in [4.78, 5) is 29.0. The van der Waals surface area contributed by atoms with Crippen molar-refractivity contribution < 1.29 is 9.59 Å². The molecule has 1 aromatic rings. The number of pyridine rings is 1. The summed E-state index contributed by atoms with van der Waals surface area (Å²) < 4.78 is 0. The molecule has 2 heterocycles. The van der Waals surface area contributed by atoms with Gasteiger partial charge in [-0.3, -0.25) is 14.6 Å². The van der Waals surface area contributed by atoms with Gasteiger partial charge in [0, 0.05) is 32.3 Å². The first-order valence-electron chi connectivity index (χ1n) is 6.05. The minimum atomic E-state index is -0.0634. The van der Waals surface area contributed by atoms with Gasteiger partial charge in [0.25, 0.3) is 5.91 Å². The molecule has 1 unspecified atom stereocenters. The highest BCUT2D eigenvalue weighted by molar-refractivity contribution is 5.92. The van der Waals surface area contributed by atoms with Crippen molar-refractivity contribution in [2.45, 2.75) is 26.3 Å². The van der Waals surface area contributed by atoms with Gasteiger partial charge in [-0.2, -0.15) is 0 Å². The number of hydrogen-bond acceptors (Lipinski definition) is 3. The molecule has 0 aromatic carbocycles. The fraction of sp³-hybridized carbons (Fsp3) is 0.462. The number of nitrogens with zero attached hydrogens (tertiary/aromatic N) is 2. The second-order valence-corrected chi connectivity index (χ2v) is 4.66. The molecule has 2 amide bonds. The Bertz CT molecular complexity index is 473. The molecule has 1 aliphatic rings. The second kappa shape index (κ2) is 5.16. The van der Waals surface area contributed by atoms with Crippen molar-refractivity contribution in [3.63, 3.8) is 0 Å². The van der Waals surface area contributed by atoms with Gasteiger partial charge >= 0.3 is 0 Å². The monoisotopic (exact) mass is 247 g/mol. The number of likely N-dealkylation sites (tertiary alicyclic amines) is 1. The quantitative estimate of drug-likeness (QED) is 0.838. The van der Waals surface area contributed by atoms with Crippen LogP contribution in [0.25, 0.3) is 0 Å². The second-order valence-electron chi connectivity index (χ2n) is 4.66. The van der Waals surface area contributed by atoms with E-state index in [2.05, 4.69) is 10.3 Å². The van der Waals surface area contributed by atoms with E-state index in [9.17, 15) is 9.59 Å². The van der Waals surface area contributed by atoms with Crippen LogP contribution in [0, 0.1) is 6.92 Å². The zero-order valence-electron chi connectivity index (χ0n) is 10.6. The zero-order chi connectivity index (χ0) is 13.1. The Morgan fingerprint density at radius 2 is 2.28 bits per heavy atom. The third kappa shape index (κ3) is 2.85. The number of aromatic nitrogens is 1. The Kier molecular flexibility index (Phi) is 3.60. The van der Waals surface area contributed by atoms with Crippen LogP contribution >= 0.6 is 0 Å². The fourth-order valence-corrected chi connectivity index (χ4v) is 2.17. The molecule has 18 heavy (non-hydrogen) atoms. The molecule has 0 spiro atoms. The molecule has 2 rings (SSSR count). The lowest BCUT2D eigenvalue weighted by molar-refractivity contribution is -0.119. The fourth-order valence-electron chi connectivity index (χ4n) is 2.17. The molecule has 96 valence electrons. The van der Waals surface area contributed by atoms with Crippen molar-refractivity contribution in [3.05, 3.63) is 29.6 Å². The maximum absolute atomic E-state index is 12.2. The number of carbonyl (C=O) groups excluding carboxylic acids is 2. The Labute approximate surface area is 106 Å². The molecule has 0 bridgehead atoms. The highest BCUT2D eigenvalue weighted by Gasteiger charge is 2.27. The minimum absolute atomic E-state index is 0.0528. The van der Waals surface area contributed by atoms with E-state index in [1.807, 2.05) is 13.0 Å². The number of nitrogens with one attached hydrogen (secondary N) is 1. The summed E-state index contributed by atoms with van der Waals surface area (Å²) in [5.41, 5.74) is 1.49. The lowest BCUT2D eigenvalue weighted by atomic mass is 10.2. The van der Waals surface area contributed by atoms with Crippen molar-refractivity contribution >= 4 is 11.8 Å². The molecule has 1 aromatic heterocycles. The van der Waals surface area contributed by atoms with E-state index in [4.69, 9.17) is 0 Å². The third-order valence-electron chi connectivity index (χ3n) is 3.02. The molecule has 1 saturated heterocycles. The summed E-state index contributed by atoms with van der Waals surface area (Å²) >= 11 is 0. The molecule has 0 radical (unpaired) electrons. The molecule has 1 atom stereocenters. The lowest BCUT2D eigenvalue weighted by Crippen LogP contribution is -2.37. The van der Waals surface area contributed by atoms with Gasteiger partial charge in [0.15, 0.2) is 0 Å². The van der Waals surface area contributed by atoms with E-state index in [0.717, 1.165) is 12.0 Å². The normalized spacial score (nSPS) is 18.8. The average Bonchev–Trinajstić information content (AvgIpc) is 2.75. The van der Waals surface area contributed by atoms with E-state index < -0.39 is 0 Å². The summed E-state index contributed by atoms with van der Waals surface area (Å²) in [6.07, 6.45) is 2.45. The van der Waals surface area contributed by atoms with Gasteiger partial charge in [-0.25, -0.2) is 0 Å². The van der Waals surface area contributed by atoms with Crippen LogP contribution in [0.15, 0.2) is 18.3 Å². The molecular weight excluding hydrogens is 230 g/mol. The first-order chi connectivity index (χ1) is 8.56. The first-order valence-corrected chi connectivity index (χ1v) is 6.05. The van der Waals surface area contributed by atoms with Crippen LogP contribution in [0.4, 0.5) is 0 Å². The van der Waals surface area contributed by atoms with Gasteiger partial charge in [0.2, 0.25) is 5.91 Å². The number of amides is 2. The topological polar surface area (TPSA) is 62.3 Å². The smallest absolute Gasteiger partial charge is 0.272 e. The number of carbonyl (C=O) groups is 2. The van der Waals surface area contributed by atoms with Crippen LogP contribution in [0.1, 0.15) is 29.4 Å². The van der Waals surface area contributed by atoms with Gasteiger partial charge in [-0.05, 0) is 31.0 Å². The molecule has 5 heteroatoms.